The summed E-state index contributed by atoms with van der Waals surface area (Å²) in [7, 11) is 0. The van der Waals surface area contributed by atoms with Crippen molar-refractivity contribution < 1.29 is 39.6 Å². The number of carboxylic acid groups (broad SMARTS) is 4. The Hall–Kier alpha value is -0.960. The van der Waals surface area contributed by atoms with Crippen molar-refractivity contribution in [2.45, 2.75) is 182 Å². The smallest absolute Gasteiger partial charge is 0.303 e. The summed E-state index contributed by atoms with van der Waals surface area (Å²) in [6.07, 6.45) is 23.5. The van der Waals surface area contributed by atoms with Gasteiger partial charge in [-0.25, -0.2) is 0 Å². The summed E-state index contributed by atoms with van der Waals surface area (Å²) < 4.78 is 0. The summed E-state index contributed by atoms with van der Waals surface area (Å²) in [5, 5.41) is 33.1. The number of carboxylic acids is 4. The van der Waals surface area contributed by atoms with Crippen LogP contribution in [0.15, 0.2) is 0 Å². The molecule has 256 valence electrons. The Kier molecular flexibility index (Phi) is 63.4. The minimum atomic E-state index is -0.670. The third-order valence-electron chi connectivity index (χ3n) is 5.98. The van der Waals surface area contributed by atoms with Gasteiger partial charge in [-0.3, -0.25) is 19.2 Å². The van der Waals surface area contributed by atoms with E-state index in [1.165, 1.54) is 77.0 Å². The Bertz CT molecular complexity index is 467. The van der Waals surface area contributed by atoms with Crippen molar-refractivity contribution in [3.05, 3.63) is 0 Å². The van der Waals surface area contributed by atoms with E-state index in [0.29, 0.717) is 25.7 Å². The Morgan fingerprint density at radius 3 is 0.595 bits per heavy atom. The molecular weight excluding hydrogens is 670 g/mol. The molecule has 0 spiro atoms. The minimum absolute atomic E-state index is 0. The molecule has 0 rings (SSSR count). The molecule has 1 atom stereocenters. The fourth-order valence-corrected chi connectivity index (χ4v) is 3.52. The normalized spacial score (nSPS) is 9.24. The number of hydrogen-bond donors (Lipinski definition) is 4. The van der Waals surface area contributed by atoms with Gasteiger partial charge in [-0.1, -0.05) is 130 Å². The van der Waals surface area contributed by atoms with Crippen LogP contribution in [0.5, 0.6) is 0 Å². The SMILES string of the molecule is CCCCCCCC(=O)O.CCCCCCCC(=O)O.CCCCCCCC(=O)O.CCCCCCCC(=O)O.I.P. The third-order valence-corrected chi connectivity index (χ3v) is 5.98. The van der Waals surface area contributed by atoms with Gasteiger partial charge in [0.1, 0.15) is 0 Å². The van der Waals surface area contributed by atoms with E-state index in [9.17, 15) is 19.2 Å². The van der Waals surface area contributed by atoms with Crippen molar-refractivity contribution in [3.63, 3.8) is 0 Å². The van der Waals surface area contributed by atoms with E-state index in [4.69, 9.17) is 20.4 Å². The molecule has 1 unspecified atom stereocenters. The van der Waals surface area contributed by atoms with Crippen LogP contribution in [0, 0.1) is 0 Å². The molecule has 0 aliphatic heterocycles. The van der Waals surface area contributed by atoms with Gasteiger partial charge in [-0.05, 0) is 25.7 Å². The lowest BCUT2D eigenvalue weighted by atomic mass is 10.1. The number of hydrogen-bond acceptors (Lipinski definition) is 4. The monoisotopic (exact) mass is 738 g/mol. The Labute approximate surface area is 278 Å². The highest BCUT2D eigenvalue weighted by Crippen LogP contribution is 2.06. The second kappa shape index (κ2) is 49.7. The molecule has 8 nitrogen and oxygen atoms in total. The Balaban J connectivity index is -0.000000101. The largest absolute Gasteiger partial charge is 0.481 e. The van der Waals surface area contributed by atoms with Crippen molar-refractivity contribution >= 4 is 57.8 Å². The van der Waals surface area contributed by atoms with E-state index >= 15 is 0 Å². The molecule has 0 aromatic heterocycles. The lowest BCUT2D eigenvalue weighted by Gasteiger charge is -1.95. The van der Waals surface area contributed by atoms with Crippen LogP contribution in [-0.2, 0) is 19.2 Å². The van der Waals surface area contributed by atoms with Crippen LogP contribution in [0.4, 0.5) is 0 Å². The zero-order valence-electron chi connectivity index (χ0n) is 27.5. The van der Waals surface area contributed by atoms with E-state index in [-0.39, 0.29) is 33.9 Å². The molecule has 10 heteroatoms. The zero-order chi connectivity index (χ0) is 31.3. The highest BCUT2D eigenvalue weighted by molar-refractivity contribution is 14.0. The molecule has 0 aromatic carbocycles. The topological polar surface area (TPSA) is 149 Å². The van der Waals surface area contributed by atoms with Crippen LogP contribution in [-0.4, -0.2) is 44.3 Å². The molecule has 0 saturated heterocycles. The molecule has 0 saturated carbocycles. The molecule has 0 radical (unpaired) electrons. The van der Waals surface area contributed by atoms with E-state index < -0.39 is 23.9 Å². The summed E-state index contributed by atoms with van der Waals surface area (Å²) in [6.45, 7) is 8.60. The summed E-state index contributed by atoms with van der Waals surface area (Å²) in [4.78, 5) is 40.1. The van der Waals surface area contributed by atoms with E-state index in [1.54, 1.807) is 0 Å². The van der Waals surface area contributed by atoms with Gasteiger partial charge in [0, 0.05) is 25.7 Å². The van der Waals surface area contributed by atoms with Gasteiger partial charge < -0.3 is 20.4 Å². The average molecular weight is 739 g/mol. The molecule has 42 heavy (non-hydrogen) atoms. The third kappa shape index (κ3) is 77.3. The first kappa shape index (κ1) is 53.6. The van der Waals surface area contributed by atoms with Gasteiger partial charge in [-0.15, -0.1) is 24.0 Å². The lowest BCUT2D eigenvalue weighted by Crippen LogP contribution is -1.93. The summed E-state index contributed by atoms with van der Waals surface area (Å²) >= 11 is 0. The van der Waals surface area contributed by atoms with Gasteiger partial charge in [0.25, 0.3) is 0 Å². The second-order valence-electron chi connectivity index (χ2n) is 10.2. The molecule has 4 N–H and O–H groups in total. The van der Waals surface area contributed by atoms with Crippen LogP contribution in [0.2, 0.25) is 0 Å². The van der Waals surface area contributed by atoms with Crippen molar-refractivity contribution in [2.24, 2.45) is 0 Å². The van der Waals surface area contributed by atoms with Crippen molar-refractivity contribution in [1.82, 2.24) is 0 Å². The first-order valence-electron chi connectivity index (χ1n) is 16.0. The predicted octanol–water partition coefficient (Wildman–Crippen LogP) is 10.4. The van der Waals surface area contributed by atoms with Gasteiger partial charge in [0.2, 0.25) is 0 Å². The van der Waals surface area contributed by atoms with Gasteiger partial charge >= 0.3 is 23.9 Å². The molecule has 0 heterocycles. The average Bonchev–Trinajstić information content (AvgIpc) is 2.89. The molecule has 0 amide bonds. The van der Waals surface area contributed by atoms with Crippen molar-refractivity contribution in [3.8, 4) is 0 Å². The van der Waals surface area contributed by atoms with E-state index in [2.05, 4.69) is 27.7 Å². The highest BCUT2D eigenvalue weighted by Gasteiger charge is 1.97. The minimum Gasteiger partial charge on any atom is -0.481 e. The number of unbranched alkanes of at least 4 members (excludes halogenated alkanes) is 16. The first-order chi connectivity index (χ1) is 19.1. The maximum Gasteiger partial charge on any atom is 0.303 e. The summed E-state index contributed by atoms with van der Waals surface area (Å²) in [6, 6.07) is 0. The zero-order valence-corrected chi connectivity index (χ0v) is 31.3. The van der Waals surface area contributed by atoms with Crippen LogP contribution in [0.25, 0.3) is 0 Å². The maximum absolute atomic E-state index is 10.0. The van der Waals surface area contributed by atoms with Crippen molar-refractivity contribution in [2.75, 3.05) is 0 Å². The highest BCUT2D eigenvalue weighted by atomic mass is 127. The lowest BCUT2D eigenvalue weighted by molar-refractivity contribution is -0.138. The fourth-order valence-electron chi connectivity index (χ4n) is 3.52. The molecule has 0 bridgehead atoms. The maximum atomic E-state index is 10.0. The van der Waals surface area contributed by atoms with Crippen LogP contribution in [0.1, 0.15) is 182 Å². The van der Waals surface area contributed by atoms with Gasteiger partial charge in [-0.2, -0.15) is 9.90 Å². The number of halogens is 1. The molecule has 0 fully saturated rings. The van der Waals surface area contributed by atoms with Crippen LogP contribution < -0.4 is 0 Å². The molecule has 0 aromatic rings. The van der Waals surface area contributed by atoms with E-state index in [1.807, 2.05) is 0 Å². The first-order valence-corrected chi connectivity index (χ1v) is 16.0. The van der Waals surface area contributed by atoms with Crippen LogP contribution >= 0.6 is 33.9 Å². The fraction of sp³-hybridized carbons (Fsp3) is 0.875. The standard InChI is InChI=1S/4C8H16O2.HI.H3P/c4*1-2-3-4-5-6-7-8(9)10;;/h4*2-7H2,1H3,(H,9,10);1H;1H3. The number of aliphatic carboxylic acids is 4. The van der Waals surface area contributed by atoms with Crippen LogP contribution in [0.3, 0.4) is 0 Å². The summed E-state index contributed by atoms with van der Waals surface area (Å²) in [5.74, 6) is -2.68. The molecule has 0 aliphatic rings. The number of rotatable bonds is 24. The number of carbonyl (C=O) groups is 4. The van der Waals surface area contributed by atoms with E-state index in [0.717, 1.165) is 51.4 Å². The second-order valence-corrected chi connectivity index (χ2v) is 10.2. The van der Waals surface area contributed by atoms with Gasteiger partial charge in [0.05, 0.1) is 0 Å². The molecular formula is C32H68IO8P. The molecule has 0 aliphatic carbocycles. The predicted molar refractivity (Wildman–Crippen MR) is 191 cm³/mol. The van der Waals surface area contributed by atoms with Crippen molar-refractivity contribution in [1.29, 1.82) is 0 Å². The van der Waals surface area contributed by atoms with Gasteiger partial charge in [0.15, 0.2) is 0 Å². The Morgan fingerprint density at radius 2 is 0.476 bits per heavy atom. The summed E-state index contributed by atoms with van der Waals surface area (Å²) in [5.41, 5.74) is 0. The quantitative estimate of drug-likeness (QED) is 0.0434. The Morgan fingerprint density at radius 1 is 0.333 bits per heavy atom.